The zero-order valence-electron chi connectivity index (χ0n) is 23.7. The monoisotopic (exact) mass is 620 g/mol. The fourth-order valence-corrected chi connectivity index (χ4v) is 5.36. The molecule has 238 valence electrons. The van der Waals surface area contributed by atoms with E-state index in [9.17, 15) is 50.1 Å². The quantitative estimate of drug-likeness (QED) is 0.160. The number of carbonyl (C=O) groups excluding carboxylic acids is 3. The molecule has 7 N–H and O–H groups in total. The fourth-order valence-electron chi connectivity index (χ4n) is 5.36. The van der Waals surface area contributed by atoms with Crippen LogP contribution < -0.4 is 4.74 Å². The molecule has 15 heteroatoms. The van der Waals surface area contributed by atoms with Crippen LogP contribution in [0.1, 0.15) is 51.3 Å². The van der Waals surface area contributed by atoms with Crippen molar-refractivity contribution in [2.75, 3.05) is 6.61 Å². The van der Waals surface area contributed by atoms with Gasteiger partial charge in [-0.15, -0.1) is 0 Å². The first-order valence-electron chi connectivity index (χ1n) is 13.7. The number of ketones is 2. The van der Waals surface area contributed by atoms with Gasteiger partial charge >= 0.3 is 5.97 Å². The van der Waals surface area contributed by atoms with Crippen molar-refractivity contribution in [1.29, 1.82) is 0 Å². The van der Waals surface area contributed by atoms with Crippen molar-refractivity contribution < 1.29 is 73.8 Å². The molecule has 44 heavy (non-hydrogen) atoms. The van der Waals surface area contributed by atoms with Gasteiger partial charge in [-0.3, -0.25) is 14.4 Å². The Labute approximate surface area is 249 Å². The normalized spacial score (nSPS) is 33.4. The van der Waals surface area contributed by atoms with E-state index in [1.54, 1.807) is 0 Å². The molecule has 0 amide bonds. The first kappa shape index (κ1) is 31.7. The molecule has 5 rings (SSSR count). The molecule has 0 aromatic heterocycles. The Morgan fingerprint density at radius 1 is 0.841 bits per heavy atom. The highest BCUT2D eigenvalue weighted by atomic mass is 16.8. The van der Waals surface area contributed by atoms with Crippen LogP contribution in [0.4, 0.5) is 0 Å². The van der Waals surface area contributed by atoms with E-state index in [-0.39, 0.29) is 39.3 Å². The van der Waals surface area contributed by atoms with Crippen LogP contribution in [-0.4, -0.2) is 121 Å². The second-order valence-electron chi connectivity index (χ2n) is 10.9. The van der Waals surface area contributed by atoms with Gasteiger partial charge in [0.15, 0.2) is 24.0 Å². The highest BCUT2D eigenvalue weighted by Crippen LogP contribution is 2.41. The molecule has 3 aliphatic rings. The van der Waals surface area contributed by atoms with Gasteiger partial charge in [0, 0.05) is 29.2 Å². The number of fused-ring (bicyclic) bond motifs is 2. The van der Waals surface area contributed by atoms with Crippen molar-refractivity contribution >= 4 is 17.5 Å². The van der Waals surface area contributed by atoms with E-state index in [1.165, 1.54) is 26.0 Å². The molecule has 0 unspecified atom stereocenters. The second-order valence-corrected chi connectivity index (χ2v) is 10.9. The second kappa shape index (κ2) is 12.0. The van der Waals surface area contributed by atoms with E-state index in [0.717, 1.165) is 19.1 Å². The maximum absolute atomic E-state index is 13.4. The Morgan fingerprint density at radius 3 is 2.23 bits per heavy atom. The van der Waals surface area contributed by atoms with Gasteiger partial charge in [-0.05, 0) is 38.1 Å². The number of hydrogen-bond donors (Lipinski definition) is 7. The van der Waals surface area contributed by atoms with Crippen LogP contribution in [0.2, 0.25) is 0 Å². The van der Waals surface area contributed by atoms with E-state index >= 15 is 0 Å². The molecule has 2 aromatic rings. The van der Waals surface area contributed by atoms with E-state index in [1.807, 2.05) is 0 Å². The fraction of sp³-hybridized carbons (Fsp3) is 0.483. The van der Waals surface area contributed by atoms with Gasteiger partial charge in [-0.25, -0.2) is 0 Å². The van der Waals surface area contributed by atoms with Crippen molar-refractivity contribution in [2.24, 2.45) is 0 Å². The SMILES string of the molecule is CC(=O)OC[C@@H]1O[C@@H](Oc2cc3c(c(O)c2C)C(=O)c2ccc(O)cc2C3=O)[C@@H](O[C@@H]2O[C@@H](C)[C@H](O)[C@H](O)[C@@H]2O)[C@@H](O)[C@H]1O. The molecule has 0 spiro atoms. The van der Waals surface area contributed by atoms with Crippen molar-refractivity contribution in [3.63, 3.8) is 0 Å². The lowest BCUT2D eigenvalue weighted by Crippen LogP contribution is -2.64. The minimum Gasteiger partial charge on any atom is -0.508 e. The van der Waals surface area contributed by atoms with Gasteiger partial charge in [-0.2, -0.15) is 0 Å². The molecule has 0 saturated carbocycles. The molecule has 2 fully saturated rings. The molecule has 15 nitrogen and oxygen atoms in total. The van der Waals surface area contributed by atoms with E-state index in [2.05, 4.69) is 0 Å². The van der Waals surface area contributed by atoms with E-state index in [4.69, 9.17) is 23.7 Å². The number of aromatic hydroxyl groups is 2. The summed E-state index contributed by atoms with van der Waals surface area (Å²) in [5.41, 5.74) is -0.698. The summed E-state index contributed by atoms with van der Waals surface area (Å²) in [4.78, 5) is 38.0. The van der Waals surface area contributed by atoms with Gasteiger partial charge in [0.2, 0.25) is 6.29 Å². The molecule has 1 aliphatic carbocycles. The number of aliphatic hydroxyl groups is 5. The lowest BCUT2D eigenvalue weighted by Gasteiger charge is -2.45. The molecule has 2 aromatic carbocycles. The summed E-state index contributed by atoms with van der Waals surface area (Å²) in [6, 6.07) is 4.77. The number of carbonyl (C=O) groups is 3. The Balaban J connectivity index is 1.51. The van der Waals surface area contributed by atoms with Crippen LogP contribution in [0.5, 0.6) is 17.2 Å². The van der Waals surface area contributed by atoms with Crippen LogP contribution in [0, 0.1) is 6.92 Å². The molecule has 10 atom stereocenters. The van der Waals surface area contributed by atoms with Gasteiger partial charge in [0.1, 0.15) is 60.5 Å². The maximum Gasteiger partial charge on any atom is 0.302 e. The Hall–Kier alpha value is -3.67. The third-order valence-corrected chi connectivity index (χ3v) is 7.91. The third-order valence-electron chi connectivity index (χ3n) is 7.91. The lowest BCUT2D eigenvalue weighted by atomic mass is 9.82. The Morgan fingerprint density at radius 2 is 1.55 bits per heavy atom. The molecule has 0 bridgehead atoms. The highest BCUT2D eigenvalue weighted by molar-refractivity contribution is 6.29. The number of rotatable bonds is 6. The molecular formula is C29H32O15. The van der Waals surface area contributed by atoms with Crippen LogP contribution in [0.15, 0.2) is 24.3 Å². The lowest BCUT2D eigenvalue weighted by molar-refractivity contribution is -0.354. The summed E-state index contributed by atoms with van der Waals surface area (Å²) in [5.74, 6) is -3.15. The highest BCUT2D eigenvalue weighted by Gasteiger charge is 2.51. The van der Waals surface area contributed by atoms with Crippen LogP contribution in [0.3, 0.4) is 0 Å². The summed E-state index contributed by atoms with van der Waals surface area (Å²) in [6.45, 7) is 3.37. The molecule has 0 radical (unpaired) electrons. The summed E-state index contributed by atoms with van der Waals surface area (Å²) in [6.07, 6.45) is -16.0. The summed E-state index contributed by atoms with van der Waals surface area (Å²) in [7, 11) is 0. The average molecular weight is 621 g/mol. The van der Waals surface area contributed by atoms with Gasteiger partial charge in [-0.1, -0.05) is 0 Å². The standard InChI is InChI=1S/C29H32O15/c1-9-16(7-15-18(19(9)32)22(35)13-5-4-12(31)6-14(13)21(15)34)42-29-27(25(38)23(36)17(43-29)8-40-11(3)30)44-28-26(39)24(37)20(33)10(2)41-28/h4-7,10,17,20,23-29,31-33,36-39H,8H2,1-3H3/t10-,17-,20-,23-,24-,25-,26-,27-,28-,29+/m0/s1. The minimum absolute atomic E-state index is 0.0206. The molecule has 2 aliphatic heterocycles. The number of phenolic OH excluding ortho intramolecular Hbond substituents is 2. The number of ether oxygens (including phenoxy) is 5. The Bertz CT molecular complexity index is 1470. The zero-order valence-corrected chi connectivity index (χ0v) is 23.7. The summed E-state index contributed by atoms with van der Waals surface area (Å²) in [5, 5.41) is 73.5. The number of hydrogen-bond acceptors (Lipinski definition) is 15. The van der Waals surface area contributed by atoms with Crippen LogP contribution in [0.25, 0.3) is 0 Å². The van der Waals surface area contributed by atoms with Gasteiger partial charge in [0.25, 0.3) is 0 Å². The van der Waals surface area contributed by atoms with Crippen molar-refractivity contribution in [3.8, 4) is 17.2 Å². The molecular weight excluding hydrogens is 588 g/mol. The largest absolute Gasteiger partial charge is 0.508 e. The topological polar surface area (TPSA) is 239 Å². The molecule has 2 saturated heterocycles. The van der Waals surface area contributed by atoms with Crippen molar-refractivity contribution in [3.05, 3.63) is 52.1 Å². The molecule has 2 heterocycles. The average Bonchev–Trinajstić information content (AvgIpc) is 2.98. The van der Waals surface area contributed by atoms with Gasteiger partial charge < -0.3 is 59.4 Å². The van der Waals surface area contributed by atoms with E-state index < -0.39 is 91.3 Å². The zero-order chi connectivity index (χ0) is 32.2. The van der Waals surface area contributed by atoms with Crippen molar-refractivity contribution in [1.82, 2.24) is 0 Å². The van der Waals surface area contributed by atoms with Crippen LogP contribution in [-0.2, 0) is 23.7 Å². The number of benzene rings is 2. The minimum atomic E-state index is -1.84. The summed E-state index contributed by atoms with van der Waals surface area (Å²) < 4.78 is 27.9. The van der Waals surface area contributed by atoms with Crippen LogP contribution >= 0.6 is 0 Å². The first-order chi connectivity index (χ1) is 20.7. The smallest absolute Gasteiger partial charge is 0.302 e. The summed E-state index contributed by atoms with van der Waals surface area (Å²) >= 11 is 0. The Kier molecular flexibility index (Phi) is 8.67. The van der Waals surface area contributed by atoms with Crippen molar-refractivity contribution in [2.45, 2.75) is 82.2 Å². The predicted octanol–water partition coefficient (Wildman–Crippen LogP) is -1.22. The number of phenols is 2. The number of esters is 1. The predicted molar refractivity (Wildman–Crippen MR) is 143 cm³/mol. The maximum atomic E-state index is 13.4. The van der Waals surface area contributed by atoms with E-state index in [0.29, 0.717) is 0 Å². The number of aliphatic hydroxyl groups excluding tert-OH is 5. The third kappa shape index (κ3) is 5.52. The first-order valence-corrected chi connectivity index (χ1v) is 13.7. The van der Waals surface area contributed by atoms with Gasteiger partial charge in [0.05, 0.1) is 11.7 Å².